The van der Waals surface area contributed by atoms with Gasteiger partial charge in [-0.05, 0) is 22.9 Å². The Morgan fingerprint density at radius 2 is 2.00 bits per heavy atom. The Bertz CT molecular complexity index is 548. The van der Waals surface area contributed by atoms with E-state index in [-0.39, 0.29) is 5.91 Å². The Morgan fingerprint density at radius 3 is 2.59 bits per heavy atom. The lowest BCUT2D eigenvalue weighted by atomic mass is 10.1. The zero-order valence-corrected chi connectivity index (χ0v) is 11.9. The molecule has 17 heavy (non-hydrogen) atoms. The first-order chi connectivity index (χ1) is 8.06. The lowest BCUT2D eigenvalue weighted by Gasteiger charge is -1.98. The summed E-state index contributed by atoms with van der Waals surface area (Å²) in [6, 6.07) is 8.12. The molecular weight excluding hydrogens is 300 g/mol. The van der Waals surface area contributed by atoms with Crippen molar-refractivity contribution in [1.82, 2.24) is 4.98 Å². The molecule has 0 spiro atoms. The summed E-state index contributed by atoms with van der Waals surface area (Å²) in [5, 5.41) is 3.30. The minimum absolute atomic E-state index is 0.110. The molecule has 0 bridgehead atoms. The standard InChI is InChI=1S/C12H11BrN2OS/c1-7-3-5-9(6-4-7)10-11(13)17-12(15-10)14-8(2)16/h3-6H,1-2H3,(H,14,15,16). The van der Waals surface area contributed by atoms with Crippen molar-refractivity contribution in [2.75, 3.05) is 5.32 Å². The number of carbonyl (C=O) groups is 1. The molecule has 1 amide bonds. The summed E-state index contributed by atoms with van der Waals surface area (Å²) in [6.07, 6.45) is 0. The second-order valence-corrected chi connectivity index (χ2v) is 6.01. The van der Waals surface area contributed by atoms with Gasteiger partial charge in [-0.15, -0.1) is 0 Å². The van der Waals surface area contributed by atoms with Crippen molar-refractivity contribution in [2.24, 2.45) is 0 Å². The third-order valence-electron chi connectivity index (χ3n) is 2.19. The van der Waals surface area contributed by atoms with Gasteiger partial charge in [0, 0.05) is 12.5 Å². The van der Waals surface area contributed by atoms with E-state index in [1.807, 2.05) is 31.2 Å². The highest BCUT2D eigenvalue weighted by atomic mass is 79.9. The predicted molar refractivity (Wildman–Crippen MR) is 74.3 cm³/mol. The molecule has 1 heterocycles. The van der Waals surface area contributed by atoms with Gasteiger partial charge in [0.1, 0.15) is 0 Å². The van der Waals surface area contributed by atoms with Crippen LogP contribution in [0.4, 0.5) is 5.13 Å². The Morgan fingerprint density at radius 1 is 1.35 bits per heavy atom. The largest absolute Gasteiger partial charge is 0.302 e. The van der Waals surface area contributed by atoms with E-state index in [0.29, 0.717) is 5.13 Å². The van der Waals surface area contributed by atoms with Crippen LogP contribution in [0.5, 0.6) is 0 Å². The molecule has 0 saturated heterocycles. The molecule has 0 fully saturated rings. The number of hydrogen-bond donors (Lipinski definition) is 1. The van der Waals surface area contributed by atoms with Crippen LogP contribution in [0.15, 0.2) is 28.1 Å². The number of carbonyl (C=O) groups excluding carboxylic acids is 1. The zero-order chi connectivity index (χ0) is 12.4. The average Bonchev–Trinajstić information content (AvgIpc) is 2.59. The van der Waals surface area contributed by atoms with Gasteiger partial charge in [0.25, 0.3) is 0 Å². The maximum Gasteiger partial charge on any atom is 0.223 e. The topological polar surface area (TPSA) is 42.0 Å². The highest BCUT2D eigenvalue weighted by Gasteiger charge is 2.11. The predicted octanol–water partition coefficient (Wildman–Crippen LogP) is 3.84. The fourth-order valence-corrected chi connectivity index (χ4v) is 2.93. The van der Waals surface area contributed by atoms with Gasteiger partial charge in [0.15, 0.2) is 5.13 Å². The van der Waals surface area contributed by atoms with Crippen molar-refractivity contribution < 1.29 is 4.79 Å². The Balaban J connectivity index is 2.35. The molecule has 2 aromatic rings. The minimum Gasteiger partial charge on any atom is -0.302 e. The van der Waals surface area contributed by atoms with E-state index in [0.717, 1.165) is 15.0 Å². The van der Waals surface area contributed by atoms with E-state index >= 15 is 0 Å². The Labute approximate surface area is 112 Å². The van der Waals surface area contributed by atoms with Crippen LogP contribution in [0.1, 0.15) is 12.5 Å². The lowest BCUT2D eigenvalue weighted by Crippen LogP contribution is -2.04. The number of amides is 1. The van der Waals surface area contributed by atoms with E-state index in [2.05, 4.69) is 26.2 Å². The number of aryl methyl sites for hydroxylation is 1. The monoisotopic (exact) mass is 310 g/mol. The fraction of sp³-hybridized carbons (Fsp3) is 0.167. The van der Waals surface area contributed by atoms with Gasteiger partial charge in [-0.1, -0.05) is 41.2 Å². The first-order valence-corrected chi connectivity index (χ1v) is 6.68. The number of benzene rings is 1. The molecule has 5 heteroatoms. The SMILES string of the molecule is CC(=O)Nc1nc(-c2ccc(C)cc2)c(Br)s1. The molecule has 0 radical (unpaired) electrons. The van der Waals surface area contributed by atoms with Crippen LogP contribution in [-0.2, 0) is 4.79 Å². The van der Waals surface area contributed by atoms with Crippen LogP contribution in [0.25, 0.3) is 11.3 Å². The van der Waals surface area contributed by atoms with Gasteiger partial charge in [0.2, 0.25) is 5.91 Å². The van der Waals surface area contributed by atoms with Crippen LogP contribution in [0.2, 0.25) is 0 Å². The van der Waals surface area contributed by atoms with Crippen LogP contribution < -0.4 is 5.32 Å². The van der Waals surface area contributed by atoms with E-state index in [4.69, 9.17) is 0 Å². The molecule has 0 aliphatic carbocycles. The number of nitrogens with zero attached hydrogens (tertiary/aromatic N) is 1. The first-order valence-electron chi connectivity index (χ1n) is 5.07. The van der Waals surface area contributed by atoms with Gasteiger partial charge in [-0.2, -0.15) is 0 Å². The molecule has 0 aliphatic heterocycles. The number of aromatic nitrogens is 1. The molecule has 0 aliphatic rings. The molecule has 0 atom stereocenters. The molecule has 0 saturated carbocycles. The summed E-state index contributed by atoms with van der Waals surface area (Å²) >= 11 is 4.88. The van der Waals surface area contributed by atoms with Gasteiger partial charge >= 0.3 is 0 Å². The van der Waals surface area contributed by atoms with Crippen LogP contribution in [-0.4, -0.2) is 10.9 Å². The fourth-order valence-electron chi connectivity index (χ4n) is 1.40. The van der Waals surface area contributed by atoms with Crippen LogP contribution in [0, 0.1) is 6.92 Å². The Hall–Kier alpha value is -1.20. The van der Waals surface area contributed by atoms with E-state index in [1.54, 1.807) is 0 Å². The molecule has 1 aromatic carbocycles. The molecule has 2 rings (SSSR count). The lowest BCUT2D eigenvalue weighted by molar-refractivity contribution is -0.114. The van der Waals surface area contributed by atoms with Gasteiger partial charge in [0.05, 0.1) is 9.48 Å². The molecular formula is C12H11BrN2OS. The van der Waals surface area contributed by atoms with E-state index < -0.39 is 0 Å². The maximum atomic E-state index is 11.0. The van der Waals surface area contributed by atoms with Gasteiger partial charge < -0.3 is 5.32 Å². The Kier molecular flexibility index (Phi) is 3.59. The quantitative estimate of drug-likeness (QED) is 0.915. The maximum absolute atomic E-state index is 11.0. The zero-order valence-electron chi connectivity index (χ0n) is 9.45. The van der Waals surface area contributed by atoms with Gasteiger partial charge in [-0.25, -0.2) is 4.98 Å². The smallest absolute Gasteiger partial charge is 0.223 e. The first kappa shape index (κ1) is 12.3. The number of nitrogens with one attached hydrogen (secondary N) is 1. The van der Waals surface area contributed by atoms with Crippen molar-refractivity contribution >= 4 is 38.3 Å². The molecule has 1 aromatic heterocycles. The van der Waals surface area contributed by atoms with Crippen molar-refractivity contribution in [1.29, 1.82) is 0 Å². The minimum atomic E-state index is -0.110. The second kappa shape index (κ2) is 4.98. The number of rotatable bonds is 2. The molecule has 1 N–H and O–H groups in total. The molecule has 3 nitrogen and oxygen atoms in total. The summed E-state index contributed by atoms with van der Waals surface area (Å²) in [6.45, 7) is 3.52. The molecule has 0 unspecified atom stereocenters. The second-order valence-electron chi connectivity index (χ2n) is 3.69. The average molecular weight is 311 g/mol. The number of hydrogen-bond acceptors (Lipinski definition) is 3. The highest BCUT2D eigenvalue weighted by molar-refractivity contribution is 9.11. The van der Waals surface area contributed by atoms with Crippen LogP contribution >= 0.6 is 27.3 Å². The third kappa shape index (κ3) is 2.92. The van der Waals surface area contributed by atoms with Crippen molar-refractivity contribution in [3.63, 3.8) is 0 Å². The van der Waals surface area contributed by atoms with E-state index in [1.165, 1.54) is 23.8 Å². The van der Waals surface area contributed by atoms with Gasteiger partial charge in [-0.3, -0.25) is 4.79 Å². The third-order valence-corrected chi connectivity index (χ3v) is 3.81. The normalized spacial score (nSPS) is 10.3. The van der Waals surface area contributed by atoms with Crippen molar-refractivity contribution in [3.05, 3.63) is 33.6 Å². The summed E-state index contributed by atoms with van der Waals surface area (Å²) in [5.74, 6) is -0.110. The summed E-state index contributed by atoms with van der Waals surface area (Å²) in [5.41, 5.74) is 3.11. The summed E-state index contributed by atoms with van der Waals surface area (Å²) < 4.78 is 0.921. The number of halogens is 1. The highest BCUT2D eigenvalue weighted by Crippen LogP contribution is 2.35. The van der Waals surface area contributed by atoms with Crippen LogP contribution in [0.3, 0.4) is 0 Å². The van der Waals surface area contributed by atoms with Crippen molar-refractivity contribution in [3.8, 4) is 11.3 Å². The number of thiazole rings is 1. The summed E-state index contributed by atoms with van der Waals surface area (Å²) in [4.78, 5) is 15.3. The van der Waals surface area contributed by atoms with Crippen molar-refractivity contribution in [2.45, 2.75) is 13.8 Å². The number of anilines is 1. The molecule has 88 valence electrons. The van der Waals surface area contributed by atoms with E-state index in [9.17, 15) is 4.79 Å². The summed E-state index contributed by atoms with van der Waals surface area (Å²) in [7, 11) is 0.